The van der Waals surface area contributed by atoms with Crippen molar-refractivity contribution in [2.75, 3.05) is 11.1 Å². The average molecular weight is 362 g/mol. The number of aromatic nitrogens is 4. The molecule has 0 saturated heterocycles. The number of aryl methyl sites for hydroxylation is 1. The Labute approximate surface area is 153 Å². The number of nitrogens with one attached hydrogen (secondary N) is 1. The summed E-state index contributed by atoms with van der Waals surface area (Å²) < 4.78 is 14.9. The Morgan fingerprint density at radius 2 is 2.00 bits per heavy atom. The maximum absolute atomic E-state index is 13.4. The smallest absolute Gasteiger partial charge is 0.257 e. The van der Waals surface area contributed by atoms with Crippen molar-refractivity contribution in [2.24, 2.45) is 0 Å². The van der Waals surface area contributed by atoms with Crippen molar-refractivity contribution in [3.05, 3.63) is 71.9 Å². The number of nitrogens with two attached hydrogens (primary N) is 1. The molecule has 1 aromatic carbocycles. The molecule has 0 unspecified atom stereocenters. The van der Waals surface area contributed by atoms with E-state index in [1.54, 1.807) is 30.6 Å². The van der Waals surface area contributed by atoms with Crippen LogP contribution in [-0.4, -0.2) is 25.5 Å². The van der Waals surface area contributed by atoms with E-state index in [1.807, 2.05) is 19.1 Å². The lowest BCUT2D eigenvalue weighted by atomic mass is 10.0. The first-order chi connectivity index (χ1) is 13.0. The second-order valence-electron chi connectivity index (χ2n) is 6.07. The highest BCUT2D eigenvalue weighted by molar-refractivity contribution is 6.04. The van der Waals surface area contributed by atoms with Crippen LogP contribution in [0.5, 0.6) is 0 Å². The number of halogens is 1. The van der Waals surface area contributed by atoms with E-state index in [-0.39, 0.29) is 11.9 Å². The molecule has 3 N–H and O–H groups in total. The van der Waals surface area contributed by atoms with Crippen LogP contribution in [0.2, 0.25) is 0 Å². The third-order valence-electron chi connectivity index (χ3n) is 4.13. The first-order valence-electron chi connectivity index (χ1n) is 8.14. The highest BCUT2D eigenvalue weighted by atomic mass is 19.1. The van der Waals surface area contributed by atoms with Crippen molar-refractivity contribution in [3.63, 3.8) is 0 Å². The number of rotatable bonds is 3. The first-order valence-corrected chi connectivity index (χ1v) is 8.14. The number of carbonyl (C=O) groups excluding carboxylic acids is 1. The Kier molecular flexibility index (Phi) is 4.00. The molecule has 8 heteroatoms. The Morgan fingerprint density at radius 1 is 1.15 bits per heavy atom. The number of amides is 1. The molecule has 0 fully saturated rings. The highest BCUT2D eigenvalue weighted by Gasteiger charge is 2.11. The molecule has 4 rings (SSSR count). The zero-order chi connectivity index (χ0) is 19.0. The molecule has 0 aliphatic carbocycles. The largest absolute Gasteiger partial charge is 0.366 e. The highest BCUT2D eigenvalue weighted by Crippen LogP contribution is 2.26. The van der Waals surface area contributed by atoms with Crippen LogP contribution < -0.4 is 11.1 Å². The van der Waals surface area contributed by atoms with Crippen molar-refractivity contribution in [2.45, 2.75) is 6.92 Å². The molecule has 0 aliphatic rings. The lowest BCUT2D eigenvalue weighted by Crippen LogP contribution is -2.13. The molecular weight excluding hydrogens is 347 g/mol. The van der Waals surface area contributed by atoms with Gasteiger partial charge in [0.2, 0.25) is 5.95 Å². The van der Waals surface area contributed by atoms with Gasteiger partial charge in [-0.2, -0.15) is 4.98 Å². The third kappa shape index (κ3) is 3.32. The number of carbonyl (C=O) groups is 1. The van der Waals surface area contributed by atoms with E-state index < -0.39 is 5.82 Å². The van der Waals surface area contributed by atoms with E-state index in [0.717, 1.165) is 17.3 Å². The summed E-state index contributed by atoms with van der Waals surface area (Å²) in [6.45, 7) is 1.88. The fraction of sp³-hybridized carbons (Fsp3) is 0.0526. The van der Waals surface area contributed by atoms with Crippen LogP contribution in [0.1, 0.15) is 15.9 Å². The van der Waals surface area contributed by atoms with Gasteiger partial charge in [0.25, 0.3) is 5.91 Å². The number of hydrogen-bond donors (Lipinski definition) is 2. The number of pyridine rings is 2. The number of benzene rings is 1. The monoisotopic (exact) mass is 362 g/mol. The maximum atomic E-state index is 13.4. The van der Waals surface area contributed by atoms with Crippen LogP contribution in [0.15, 0.2) is 55.0 Å². The molecule has 0 spiro atoms. The second kappa shape index (κ2) is 6.49. The molecule has 134 valence electrons. The molecule has 0 saturated carbocycles. The molecule has 0 atom stereocenters. The lowest BCUT2D eigenvalue weighted by molar-refractivity contribution is 0.102. The van der Waals surface area contributed by atoms with Gasteiger partial charge in [-0.1, -0.05) is 12.1 Å². The summed E-state index contributed by atoms with van der Waals surface area (Å²) in [7, 11) is 0. The fourth-order valence-corrected chi connectivity index (χ4v) is 2.74. The number of anilines is 2. The van der Waals surface area contributed by atoms with Crippen LogP contribution >= 0.6 is 0 Å². The molecule has 0 aliphatic heterocycles. The average Bonchev–Trinajstić information content (AvgIpc) is 3.02. The van der Waals surface area contributed by atoms with Gasteiger partial charge in [-0.15, -0.1) is 5.10 Å². The van der Waals surface area contributed by atoms with Crippen LogP contribution in [0.4, 0.5) is 16.0 Å². The fourth-order valence-electron chi connectivity index (χ4n) is 2.74. The molecule has 7 nitrogen and oxygen atoms in total. The zero-order valence-electron chi connectivity index (χ0n) is 14.3. The van der Waals surface area contributed by atoms with Crippen LogP contribution in [-0.2, 0) is 0 Å². The van der Waals surface area contributed by atoms with Gasteiger partial charge in [0.15, 0.2) is 5.65 Å². The predicted octanol–water partition coefficient (Wildman–Crippen LogP) is 3.07. The van der Waals surface area contributed by atoms with E-state index in [1.165, 1.54) is 10.6 Å². The van der Waals surface area contributed by atoms with Crippen molar-refractivity contribution in [3.8, 4) is 11.1 Å². The van der Waals surface area contributed by atoms with Gasteiger partial charge in [-0.05, 0) is 42.3 Å². The Bertz CT molecular complexity index is 1170. The quantitative estimate of drug-likeness (QED) is 0.584. The Morgan fingerprint density at radius 3 is 2.81 bits per heavy atom. The normalized spacial score (nSPS) is 10.9. The molecule has 4 aromatic rings. The molecule has 0 radical (unpaired) electrons. The molecule has 3 aromatic heterocycles. The van der Waals surface area contributed by atoms with Gasteiger partial charge < -0.3 is 11.1 Å². The predicted molar refractivity (Wildman–Crippen MR) is 99.7 cm³/mol. The van der Waals surface area contributed by atoms with Gasteiger partial charge in [0, 0.05) is 23.6 Å². The Hall–Kier alpha value is -3.81. The minimum Gasteiger partial charge on any atom is -0.366 e. The SMILES string of the molecule is Cc1ccc(-c2cncc(F)c2)cc1NC(=O)c1ccc2nc(N)nn2c1. The van der Waals surface area contributed by atoms with Crippen molar-refractivity contribution in [1.82, 2.24) is 19.6 Å². The number of fused-ring (bicyclic) bond motifs is 1. The van der Waals surface area contributed by atoms with Crippen LogP contribution in [0, 0.1) is 12.7 Å². The van der Waals surface area contributed by atoms with Gasteiger partial charge in [0.1, 0.15) is 5.82 Å². The van der Waals surface area contributed by atoms with E-state index in [0.29, 0.717) is 22.5 Å². The maximum Gasteiger partial charge on any atom is 0.257 e. The minimum absolute atomic E-state index is 0.139. The third-order valence-corrected chi connectivity index (χ3v) is 4.13. The second-order valence-corrected chi connectivity index (χ2v) is 6.07. The molecule has 3 heterocycles. The molecule has 27 heavy (non-hydrogen) atoms. The summed E-state index contributed by atoms with van der Waals surface area (Å²) in [4.78, 5) is 20.5. The molecule has 1 amide bonds. The van der Waals surface area contributed by atoms with Crippen molar-refractivity contribution in [1.29, 1.82) is 0 Å². The van der Waals surface area contributed by atoms with Gasteiger partial charge in [-0.3, -0.25) is 9.78 Å². The van der Waals surface area contributed by atoms with E-state index in [2.05, 4.69) is 20.4 Å². The zero-order valence-corrected chi connectivity index (χ0v) is 14.3. The van der Waals surface area contributed by atoms with Crippen molar-refractivity contribution < 1.29 is 9.18 Å². The first kappa shape index (κ1) is 16.6. The molecule has 0 bridgehead atoms. The summed E-state index contributed by atoms with van der Waals surface area (Å²) >= 11 is 0. The number of nitrogens with zero attached hydrogens (tertiary/aromatic N) is 4. The van der Waals surface area contributed by atoms with E-state index in [4.69, 9.17) is 5.73 Å². The van der Waals surface area contributed by atoms with Gasteiger partial charge >= 0.3 is 0 Å². The Balaban J connectivity index is 1.64. The standard InChI is InChI=1S/C19H15FN6O/c1-11-2-3-12(14-6-15(20)9-22-8-14)7-16(11)23-18(27)13-4-5-17-24-19(21)25-26(17)10-13/h2-10H,1H3,(H2,21,25)(H,23,27). The van der Waals surface area contributed by atoms with Gasteiger partial charge in [-0.25, -0.2) is 8.91 Å². The number of nitrogen functional groups attached to an aromatic ring is 1. The topological polar surface area (TPSA) is 98.2 Å². The minimum atomic E-state index is -0.418. The lowest BCUT2D eigenvalue weighted by Gasteiger charge is -2.11. The summed E-state index contributed by atoms with van der Waals surface area (Å²) in [6, 6.07) is 10.2. The van der Waals surface area contributed by atoms with E-state index in [9.17, 15) is 9.18 Å². The van der Waals surface area contributed by atoms with Crippen LogP contribution in [0.3, 0.4) is 0 Å². The molecular formula is C19H15FN6O. The summed E-state index contributed by atoms with van der Waals surface area (Å²) in [6.07, 6.45) is 4.28. The summed E-state index contributed by atoms with van der Waals surface area (Å²) in [5.74, 6) is -0.581. The summed E-state index contributed by atoms with van der Waals surface area (Å²) in [5.41, 5.74) is 9.41. The summed E-state index contributed by atoms with van der Waals surface area (Å²) in [5, 5.41) is 6.88. The number of hydrogen-bond acceptors (Lipinski definition) is 5. The van der Waals surface area contributed by atoms with E-state index >= 15 is 0 Å². The van der Waals surface area contributed by atoms with Gasteiger partial charge in [0.05, 0.1) is 11.8 Å². The van der Waals surface area contributed by atoms with Crippen LogP contribution in [0.25, 0.3) is 16.8 Å². The van der Waals surface area contributed by atoms with Crippen molar-refractivity contribution >= 4 is 23.2 Å².